The number of hydrogen-bond donors (Lipinski definition) is 0. The lowest BCUT2D eigenvalue weighted by Gasteiger charge is -2.59. The lowest BCUT2D eigenvalue weighted by atomic mass is 9.45. The molecule has 108 valence electrons. The van der Waals surface area contributed by atoms with Gasteiger partial charge in [-0.3, -0.25) is 4.79 Å². The van der Waals surface area contributed by atoms with E-state index in [1.165, 1.54) is 25.7 Å². The highest BCUT2D eigenvalue weighted by molar-refractivity contribution is 5.89. The second-order valence-corrected chi connectivity index (χ2v) is 8.35. The van der Waals surface area contributed by atoms with Crippen molar-refractivity contribution in [2.75, 3.05) is 0 Å². The predicted molar refractivity (Wildman–Crippen MR) is 75.9 cm³/mol. The van der Waals surface area contributed by atoms with E-state index in [0.717, 1.165) is 6.42 Å². The molecule has 2 nitrogen and oxygen atoms in total. The van der Waals surface area contributed by atoms with E-state index in [0.29, 0.717) is 17.1 Å². The van der Waals surface area contributed by atoms with Gasteiger partial charge >= 0.3 is 0 Å². The molecule has 0 N–H and O–H groups in total. The van der Waals surface area contributed by atoms with Gasteiger partial charge in [-0.05, 0) is 56.3 Å². The van der Waals surface area contributed by atoms with Gasteiger partial charge in [-0.15, -0.1) is 0 Å². The van der Waals surface area contributed by atoms with E-state index in [-0.39, 0.29) is 23.0 Å². The Balaban J connectivity index is 2.05. The van der Waals surface area contributed by atoms with Gasteiger partial charge in [0.25, 0.3) is 0 Å². The first kappa shape index (κ1) is 13.6. The lowest BCUT2D eigenvalue weighted by Crippen LogP contribution is -2.57. The molecule has 3 fully saturated rings. The SMILES string of the molecule is CC1OC2(C)CCC3C(C)(C)CCCC3(C)C2C1=O. The van der Waals surface area contributed by atoms with Crippen LogP contribution in [0, 0.1) is 22.7 Å². The molecule has 2 heteroatoms. The zero-order valence-corrected chi connectivity index (χ0v) is 13.1. The van der Waals surface area contributed by atoms with Gasteiger partial charge in [-0.1, -0.05) is 27.2 Å². The van der Waals surface area contributed by atoms with Crippen molar-refractivity contribution in [3.05, 3.63) is 0 Å². The van der Waals surface area contributed by atoms with E-state index in [4.69, 9.17) is 4.74 Å². The standard InChI is InChI=1S/C17H28O2/c1-11-13(18)14-16(4)9-6-8-15(2,3)12(16)7-10-17(14,5)19-11/h11-12,14H,6-10H2,1-5H3. The summed E-state index contributed by atoms with van der Waals surface area (Å²) in [7, 11) is 0. The monoisotopic (exact) mass is 264 g/mol. The highest BCUT2D eigenvalue weighted by atomic mass is 16.5. The Bertz CT molecular complexity index is 413. The second-order valence-electron chi connectivity index (χ2n) is 8.35. The fourth-order valence-electron chi connectivity index (χ4n) is 5.95. The Hall–Kier alpha value is -0.370. The third-order valence-electron chi connectivity index (χ3n) is 6.61. The first-order valence-corrected chi connectivity index (χ1v) is 7.92. The molecule has 3 rings (SSSR count). The first-order valence-electron chi connectivity index (χ1n) is 7.92. The van der Waals surface area contributed by atoms with Crippen LogP contribution in [0.3, 0.4) is 0 Å². The van der Waals surface area contributed by atoms with Crippen LogP contribution in [-0.2, 0) is 9.53 Å². The molecule has 2 saturated carbocycles. The number of hydrogen-bond acceptors (Lipinski definition) is 2. The van der Waals surface area contributed by atoms with Crippen LogP contribution in [0.4, 0.5) is 0 Å². The number of rotatable bonds is 0. The lowest BCUT2D eigenvalue weighted by molar-refractivity contribution is -0.158. The summed E-state index contributed by atoms with van der Waals surface area (Å²) in [5.74, 6) is 1.16. The molecule has 1 saturated heterocycles. The molecule has 3 aliphatic rings. The van der Waals surface area contributed by atoms with E-state index in [2.05, 4.69) is 27.7 Å². The number of fused-ring (bicyclic) bond motifs is 3. The first-order chi connectivity index (χ1) is 8.71. The number of ether oxygens (including phenoxy) is 1. The van der Waals surface area contributed by atoms with Gasteiger partial charge in [0.1, 0.15) is 6.10 Å². The van der Waals surface area contributed by atoms with Gasteiger partial charge in [0.15, 0.2) is 5.78 Å². The van der Waals surface area contributed by atoms with Crippen LogP contribution < -0.4 is 0 Å². The molecular weight excluding hydrogens is 236 g/mol. The van der Waals surface area contributed by atoms with Crippen LogP contribution >= 0.6 is 0 Å². The molecule has 1 heterocycles. The maximum absolute atomic E-state index is 12.7. The van der Waals surface area contributed by atoms with Crippen molar-refractivity contribution in [1.29, 1.82) is 0 Å². The van der Waals surface area contributed by atoms with Crippen LogP contribution in [0.5, 0.6) is 0 Å². The van der Waals surface area contributed by atoms with Gasteiger partial charge < -0.3 is 4.74 Å². The fraction of sp³-hybridized carbons (Fsp3) is 0.941. The van der Waals surface area contributed by atoms with Gasteiger partial charge in [-0.25, -0.2) is 0 Å². The van der Waals surface area contributed by atoms with Crippen molar-refractivity contribution in [3.63, 3.8) is 0 Å². The minimum Gasteiger partial charge on any atom is -0.364 e. The maximum Gasteiger partial charge on any atom is 0.167 e. The summed E-state index contributed by atoms with van der Waals surface area (Å²) >= 11 is 0. The summed E-state index contributed by atoms with van der Waals surface area (Å²) in [6.07, 6.45) is 5.84. The van der Waals surface area contributed by atoms with Crippen LogP contribution in [-0.4, -0.2) is 17.5 Å². The summed E-state index contributed by atoms with van der Waals surface area (Å²) < 4.78 is 6.10. The highest BCUT2D eigenvalue weighted by Crippen LogP contribution is 2.64. The predicted octanol–water partition coefficient (Wildman–Crippen LogP) is 3.98. The molecule has 0 aromatic carbocycles. The van der Waals surface area contributed by atoms with Gasteiger partial charge in [0, 0.05) is 0 Å². The molecule has 0 aromatic rings. The van der Waals surface area contributed by atoms with Crippen LogP contribution in [0.15, 0.2) is 0 Å². The van der Waals surface area contributed by atoms with Crippen molar-refractivity contribution in [2.24, 2.45) is 22.7 Å². The second kappa shape index (κ2) is 3.84. The number of carbonyl (C=O) groups is 1. The zero-order chi connectivity index (χ0) is 14.1. The maximum atomic E-state index is 12.7. The van der Waals surface area contributed by atoms with E-state index in [1.54, 1.807) is 0 Å². The van der Waals surface area contributed by atoms with Crippen LogP contribution in [0.2, 0.25) is 0 Å². The van der Waals surface area contributed by atoms with Crippen molar-refractivity contribution < 1.29 is 9.53 Å². The molecule has 5 atom stereocenters. The van der Waals surface area contributed by atoms with Crippen molar-refractivity contribution >= 4 is 5.78 Å². The summed E-state index contributed by atoms with van der Waals surface area (Å²) in [4.78, 5) is 12.7. The molecule has 5 unspecified atom stereocenters. The molecule has 0 amide bonds. The molecule has 2 aliphatic carbocycles. The van der Waals surface area contributed by atoms with Gasteiger partial charge in [0.2, 0.25) is 0 Å². The Morgan fingerprint density at radius 2 is 1.79 bits per heavy atom. The normalized spacial score (nSPS) is 52.7. The summed E-state index contributed by atoms with van der Waals surface area (Å²) in [5, 5.41) is 0. The third-order valence-corrected chi connectivity index (χ3v) is 6.61. The molecule has 1 aliphatic heterocycles. The quantitative estimate of drug-likeness (QED) is 0.661. The summed E-state index contributed by atoms with van der Waals surface area (Å²) in [5.41, 5.74) is 0.326. The minimum absolute atomic E-state index is 0.119. The Morgan fingerprint density at radius 3 is 2.47 bits per heavy atom. The summed E-state index contributed by atoms with van der Waals surface area (Å²) in [6.45, 7) is 11.3. The molecular formula is C17H28O2. The average molecular weight is 264 g/mol. The van der Waals surface area contributed by atoms with Crippen molar-refractivity contribution in [2.45, 2.75) is 78.4 Å². The largest absolute Gasteiger partial charge is 0.364 e. The molecule has 0 spiro atoms. The fourth-order valence-corrected chi connectivity index (χ4v) is 5.95. The van der Waals surface area contributed by atoms with Crippen LogP contribution in [0.1, 0.15) is 66.7 Å². The molecule has 19 heavy (non-hydrogen) atoms. The van der Waals surface area contributed by atoms with Crippen LogP contribution in [0.25, 0.3) is 0 Å². The molecule has 0 radical (unpaired) electrons. The Labute approximate surface area is 117 Å². The third kappa shape index (κ3) is 1.68. The minimum atomic E-state index is -0.199. The smallest absolute Gasteiger partial charge is 0.167 e. The Morgan fingerprint density at radius 1 is 1.11 bits per heavy atom. The zero-order valence-electron chi connectivity index (χ0n) is 13.1. The van der Waals surface area contributed by atoms with E-state index >= 15 is 0 Å². The summed E-state index contributed by atoms with van der Waals surface area (Å²) in [6, 6.07) is 0. The van der Waals surface area contributed by atoms with Crippen molar-refractivity contribution in [3.8, 4) is 0 Å². The van der Waals surface area contributed by atoms with Gasteiger partial charge in [0.05, 0.1) is 11.5 Å². The van der Waals surface area contributed by atoms with Crippen molar-refractivity contribution in [1.82, 2.24) is 0 Å². The van der Waals surface area contributed by atoms with E-state index in [1.807, 2.05) is 6.92 Å². The van der Waals surface area contributed by atoms with Gasteiger partial charge in [-0.2, -0.15) is 0 Å². The number of carbonyl (C=O) groups excluding carboxylic acids is 1. The Kier molecular flexibility index (Phi) is 2.75. The highest BCUT2D eigenvalue weighted by Gasteiger charge is 2.64. The van der Waals surface area contributed by atoms with E-state index in [9.17, 15) is 4.79 Å². The number of ketones is 1. The average Bonchev–Trinajstić information content (AvgIpc) is 2.49. The topological polar surface area (TPSA) is 26.3 Å². The van der Waals surface area contributed by atoms with E-state index < -0.39 is 0 Å². The molecule has 0 bridgehead atoms. The number of Topliss-reactive ketones (excluding diaryl/α,β-unsaturated/α-hetero) is 1. The molecule has 0 aromatic heterocycles.